The second kappa shape index (κ2) is 6.25. The van der Waals surface area contributed by atoms with E-state index in [9.17, 15) is 0 Å². The fourth-order valence-corrected chi connectivity index (χ4v) is 2.43. The van der Waals surface area contributed by atoms with Crippen LogP contribution < -0.4 is 11.1 Å². The molecule has 104 valence electrons. The molecular formula is C16H17ClN2S. The topological polar surface area (TPSA) is 38.0 Å². The number of nitrogens with one attached hydrogen (secondary N) is 1. The molecule has 4 heteroatoms. The van der Waals surface area contributed by atoms with Crippen LogP contribution in [0.1, 0.15) is 30.9 Å². The Bertz CT molecular complexity index is 638. The minimum Gasteiger partial charge on any atom is -0.389 e. The molecule has 2 rings (SSSR count). The summed E-state index contributed by atoms with van der Waals surface area (Å²) in [5, 5.41) is 4.03. The van der Waals surface area contributed by atoms with Gasteiger partial charge in [-0.1, -0.05) is 55.9 Å². The van der Waals surface area contributed by atoms with Crippen molar-refractivity contribution in [3.8, 4) is 0 Å². The van der Waals surface area contributed by atoms with Crippen LogP contribution in [0.2, 0.25) is 5.02 Å². The van der Waals surface area contributed by atoms with Gasteiger partial charge in [0.15, 0.2) is 0 Å². The van der Waals surface area contributed by atoms with E-state index in [1.165, 1.54) is 5.56 Å². The lowest BCUT2D eigenvalue weighted by atomic mass is 10.0. The molecule has 2 nitrogen and oxygen atoms in total. The van der Waals surface area contributed by atoms with E-state index in [-0.39, 0.29) is 0 Å². The molecule has 0 aliphatic heterocycles. The second-order valence-electron chi connectivity index (χ2n) is 4.92. The number of anilines is 2. The molecular weight excluding hydrogens is 288 g/mol. The maximum atomic E-state index is 6.00. The summed E-state index contributed by atoms with van der Waals surface area (Å²) in [5.41, 5.74) is 9.70. The first-order valence-electron chi connectivity index (χ1n) is 6.44. The Labute approximate surface area is 130 Å². The lowest BCUT2D eigenvalue weighted by Gasteiger charge is -2.17. The maximum absolute atomic E-state index is 6.00. The van der Waals surface area contributed by atoms with Gasteiger partial charge in [-0.3, -0.25) is 0 Å². The fraction of sp³-hybridized carbons (Fsp3) is 0.188. The van der Waals surface area contributed by atoms with E-state index in [0.717, 1.165) is 16.9 Å². The molecule has 0 saturated carbocycles. The Morgan fingerprint density at radius 1 is 1.15 bits per heavy atom. The maximum Gasteiger partial charge on any atom is 0.106 e. The van der Waals surface area contributed by atoms with Crippen molar-refractivity contribution in [2.45, 2.75) is 19.8 Å². The van der Waals surface area contributed by atoms with Crippen molar-refractivity contribution in [2.75, 3.05) is 5.32 Å². The third-order valence-electron chi connectivity index (χ3n) is 3.10. The van der Waals surface area contributed by atoms with Crippen LogP contribution in [-0.2, 0) is 0 Å². The summed E-state index contributed by atoms with van der Waals surface area (Å²) in [6.45, 7) is 4.33. The molecule has 0 amide bonds. The van der Waals surface area contributed by atoms with E-state index in [1.54, 1.807) is 6.07 Å². The number of nitrogens with two attached hydrogens (primary N) is 1. The highest BCUT2D eigenvalue weighted by Gasteiger charge is 2.10. The van der Waals surface area contributed by atoms with E-state index >= 15 is 0 Å². The van der Waals surface area contributed by atoms with Gasteiger partial charge in [0.1, 0.15) is 4.99 Å². The molecule has 0 aliphatic rings. The van der Waals surface area contributed by atoms with E-state index in [0.29, 0.717) is 15.9 Å². The highest BCUT2D eigenvalue weighted by atomic mass is 35.5. The van der Waals surface area contributed by atoms with Gasteiger partial charge in [-0.2, -0.15) is 0 Å². The molecule has 20 heavy (non-hydrogen) atoms. The zero-order chi connectivity index (χ0) is 14.7. The van der Waals surface area contributed by atoms with Crippen molar-refractivity contribution in [3.05, 3.63) is 58.6 Å². The Kier molecular flexibility index (Phi) is 4.63. The van der Waals surface area contributed by atoms with E-state index in [2.05, 4.69) is 25.2 Å². The van der Waals surface area contributed by atoms with Gasteiger partial charge < -0.3 is 11.1 Å². The molecule has 0 spiro atoms. The fourth-order valence-electron chi connectivity index (χ4n) is 2.09. The zero-order valence-electron chi connectivity index (χ0n) is 11.5. The Morgan fingerprint density at radius 2 is 1.85 bits per heavy atom. The van der Waals surface area contributed by atoms with Gasteiger partial charge in [0.2, 0.25) is 0 Å². The number of hydrogen-bond acceptors (Lipinski definition) is 2. The summed E-state index contributed by atoms with van der Waals surface area (Å²) in [7, 11) is 0. The normalized spacial score (nSPS) is 10.6. The van der Waals surface area contributed by atoms with Crippen LogP contribution in [-0.4, -0.2) is 4.99 Å². The molecule has 2 aromatic carbocycles. The van der Waals surface area contributed by atoms with Crippen LogP contribution in [0.5, 0.6) is 0 Å². The van der Waals surface area contributed by atoms with Crippen molar-refractivity contribution in [1.29, 1.82) is 0 Å². The summed E-state index contributed by atoms with van der Waals surface area (Å²) in [6, 6.07) is 13.7. The van der Waals surface area contributed by atoms with Gasteiger partial charge in [-0.25, -0.2) is 0 Å². The molecule has 3 N–H and O–H groups in total. The first kappa shape index (κ1) is 14.8. The first-order valence-corrected chi connectivity index (χ1v) is 7.23. The van der Waals surface area contributed by atoms with Gasteiger partial charge in [-0.05, 0) is 35.7 Å². The van der Waals surface area contributed by atoms with Crippen LogP contribution in [0, 0.1) is 0 Å². The predicted molar refractivity (Wildman–Crippen MR) is 91.2 cm³/mol. The average Bonchev–Trinajstić information content (AvgIpc) is 2.41. The van der Waals surface area contributed by atoms with Crippen LogP contribution in [0.4, 0.5) is 11.4 Å². The van der Waals surface area contributed by atoms with Crippen molar-refractivity contribution in [2.24, 2.45) is 5.73 Å². The third-order valence-corrected chi connectivity index (χ3v) is 3.55. The molecule has 0 aliphatic carbocycles. The molecule has 0 bridgehead atoms. The zero-order valence-corrected chi connectivity index (χ0v) is 13.1. The van der Waals surface area contributed by atoms with Gasteiger partial charge >= 0.3 is 0 Å². The van der Waals surface area contributed by atoms with Gasteiger partial charge in [-0.15, -0.1) is 0 Å². The number of rotatable bonds is 4. The van der Waals surface area contributed by atoms with Gasteiger partial charge in [0, 0.05) is 22.0 Å². The summed E-state index contributed by atoms with van der Waals surface area (Å²) < 4.78 is 0. The third kappa shape index (κ3) is 3.30. The van der Waals surface area contributed by atoms with Crippen LogP contribution in [0.3, 0.4) is 0 Å². The van der Waals surface area contributed by atoms with Crippen LogP contribution >= 0.6 is 23.8 Å². The monoisotopic (exact) mass is 304 g/mol. The minimum atomic E-state index is 0.331. The Morgan fingerprint density at radius 3 is 2.50 bits per heavy atom. The van der Waals surface area contributed by atoms with Crippen LogP contribution in [0.15, 0.2) is 42.5 Å². The minimum absolute atomic E-state index is 0.331. The largest absolute Gasteiger partial charge is 0.389 e. The quantitative estimate of drug-likeness (QED) is 0.794. The highest BCUT2D eigenvalue weighted by Crippen LogP contribution is 2.29. The summed E-state index contributed by atoms with van der Waals surface area (Å²) in [4.78, 5) is 0.331. The first-order chi connectivity index (χ1) is 9.49. The predicted octanol–water partition coefficient (Wildman–Crippen LogP) is 4.84. The van der Waals surface area contributed by atoms with Crippen molar-refractivity contribution in [3.63, 3.8) is 0 Å². The second-order valence-corrected chi connectivity index (χ2v) is 5.80. The molecule has 0 radical (unpaired) electrons. The number of thiocarbonyl (C=S) groups is 1. The number of hydrogen-bond donors (Lipinski definition) is 2. The molecule has 2 aromatic rings. The average molecular weight is 305 g/mol. The van der Waals surface area contributed by atoms with Crippen LogP contribution in [0.25, 0.3) is 0 Å². The van der Waals surface area contributed by atoms with Gasteiger partial charge in [0.25, 0.3) is 0 Å². The molecule has 0 heterocycles. The number of para-hydroxylation sites is 1. The summed E-state index contributed by atoms with van der Waals surface area (Å²) in [5.74, 6) is 0.430. The lowest BCUT2D eigenvalue weighted by Crippen LogP contribution is -2.12. The molecule has 0 unspecified atom stereocenters. The van der Waals surface area contributed by atoms with E-state index in [4.69, 9.17) is 29.6 Å². The number of halogens is 1. The molecule has 0 fully saturated rings. The smallest absolute Gasteiger partial charge is 0.106 e. The highest BCUT2D eigenvalue weighted by molar-refractivity contribution is 7.80. The Balaban J connectivity index is 2.43. The van der Waals surface area contributed by atoms with Crippen molar-refractivity contribution < 1.29 is 0 Å². The van der Waals surface area contributed by atoms with Crippen molar-refractivity contribution in [1.82, 2.24) is 0 Å². The molecule has 0 atom stereocenters. The van der Waals surface area contributed by atoms with E-state index < -0.39 is 0 Å². The molecule has 0 saturated heterocycles. The van der Waals surface area contributed by atoms with Crippen molar-refractivity contribution >= 4 is 40.2 Å². The number of benzene rings is 2. The van der Waals surface area contributed by atoms with E-state index in [1.807, 2.05) is 30.3 Å². The standard InChI is InChI=1S/C16H17ClN2S/c1-10(2)12-5-3-4-6-14(12)19-15-8-7-11(17)9-13(15)16(18)20/h3-10,19H,1-2H3,(H2,18,20). The summed E-state index contributed by atoms with van der Waals surface area (Å²) >= 11 is 11.1. The van der Waals surface area contributed by atoms with Gasteiger partial charge in [0.05, 0.1) is 0 Å². The SMILES string of the molecule is CC(C)c1ccccc1Nc1ccc(Cl)cc1C(N)=S. The Hall–Kier alpha value is -1.58. The summed E-state index contributed by atoms with van der Waals surface area (Å²) in [6.07, 6.45) is 0. The lowest BCUT2D eigenvalue weighted by molar-refractivity contribution is 0.869. The molecule has 0 aromatic heterocycles.